The summed E-state index contributed by atoms with van der Waals surface area (Å²) < 4.78 is 5.08. The molecule has 0 fully saturated rings. The van der Waals surface area contributed by atoms with Crippen LogP contribution < -0.4 is 10.1 Å². The van der Waals surface area contributed by atoms with E-state index in [0.29, 0.717) is 13.1 Å². The number of carbonyl (C=O) groups is 1. The highest BCUT2D eigenvalue weighted by molar-refractivity contribution is 5.73. The predicted molar refractivity (Wildman–Crippen MR) is 68.4 cm³/mol. The normalized spacial score (nSPS) is 9.82. The second kappa shape index (κ2) is 6.78. The molecule has 0 saturated carbocycles. The second-order valence-electron chi connectivity index (χ2n) is 3.84. The maximum Gasteiger partial charge on any atom is 0.317 e. The van der Waals surface area contributed by atoms with Gasteiger partial charge in [0, 0.05) is 20.1 Å². The molecule has 1 aromatic rings. The van der Waals surface area contributed by atoms with Crippen molar-refractivity contribution >= 4 is 6.03 Å². The van der Waals surface area contributed by atoms with Crippen molar-refractivity contribution < 1.29 is 9.53 Å². The molecular formula is C13H20N2O2. The summed E-state index contributed by atoms with van der Waals surface area (Å²) >= 11 is 0. The van der Waals surface area contributed by atoms with Gasteiger partial charge in [-0.05, 0) is 31.0 Å². The standard InChI is InChI=1S/C13H20N2O2/c1-4-15(2)13(16)14-10-9-11-5-7-12(17-3)8-6-11/h5-8H,4,9-10H2,1-3H3,(H,14,16). The molecule has 0 aliphatic heterocycles. The van der Waals surface area contributed by atoms with Crippen LogP contribution in [0.2, 0.25) is 0 Å². The summed E-state index contributed by atoms with van der Waals surface area (Å²) in [5.74, 6) is 0.850. The molecule has 94 valence electrons. The van der Waals surface area contributed by atoms with E-state index >= 15 is 0 Å². The SMILES string of the molecule is CCN(C)C(=O)NCCc1ccc(OC)cc1. The third-order valence-electron chi connectivity index (χ3n) is 2.67. The van der Waals surface area contributed by atoms with Gasteiger partial charge in [-0.3, -0.25) is 0 Å². The number of carbonyl (C=O) groups excluding carboxylic acids is 1. The fourth-order valence-corrected chi connectivity index (χ4v) is 1.38. The number of hydrogen-bond acceptors (Lipinski definition) is 2. The van der Waals surface area contributed by atoms with Crippen molar-refractivity contribution in [3.63, 3.8) is 0 Å². The van der Waals surface area contributed by atoms with Crippen LogP contribution >= 0.6 is 0 Å². The van der Waals surface area contributed by atoms with E-state index in [2.05, 4.69) is 5.32 Å². The number of benzene rings is 1. The highest BCUT2D eigenvalue weighted by Gasteiger charge is 2.04. The van der Waals surface area contributed by atoms with Crippen LogP contribution in [0.25, 0.3) is 0 Å². The Labute approximate surface area is 103 Å². The zero-order valence-corrected chi connectivity index (χ0v) is 10.7. The number of methoxy groups -OCH3 is 1. The van der Waals surface area contributed by atoms with Gasteiger partial charge >= 0.3 is 6.03 Å². The van der Waals surface area contributed by atoms with Crippen molar-refractivity contribution in [2.24, 2.45) is 0 Å². The van der Waals surface area contributed by atoms with Crippen molar-refractivity contribution in [1.29, 1.82) is 0 Å². The highest BCUT2D eigenvalue weighted by Crippen LogP contribution is 2.11. The van der Waals surface area contributed by atoms with E-state index in [4.69, 9.17) is 4.74 Å². The lowest BCUT2D eigenvalue weighted by molar-refractivity contribution is 0.211. The molecule has 0 aromatic heterocycles. The highest BCUT2D eigenvalue weighted by atomic mass is 16.5. The molecule has 4 heteroatoms. The zero-order valence-electron chi connectivity index (χ0n) is 10.7. The smallest absolute Gasteiger partial charge is 0.317 e. The second-order valence-corrected chi connectivity index (χ2v) is 3.84. The molecule has 1 aromatic carbocycles. The van der Waals surface area contributed by atoms with Crippen LogP contribution in [0.15, 0.2) is 24.3 Å². The maximum absolute atomic E-state index is 11.5. The Bertz CT molecular complexity index is 349. The van der Waals surface area contributed by atoms with Gasteiger partial charge in [-0.2, -0.15) is 0 Å². The van der Waals surface area contributed by atoms with Gasteiger partial charge in [-0.15, -0.1) is 0 Å². The van der Waals surface area contributed by atoms with Gasteiger partial charge < -0.3 is 15.0 Å². The van der Waals surface area contributed by atoms with Crippen molar-refractivity contribution in [3.05, 3.63) is 29.8 Å². The van der Waals surface area contributed by atoms with Crippen LogP contribution in [-0.4, -0.2) is 38.2 Å². The van der Waals surface area contributed by atoms with Crippen molar-refractivity contribution in [1.82, 2.24) is 10.2 Å². The zero-order chi connectivity index (χ0) is 12.7. The van der Waals surface area contributed by atoms with Crippen molar-refractivity contribution in [2.45, 2.75) is 13.3 Å². The minimum absolute atomic E-state index is 0.0268. The van der Waals surface area contributed by atoms with Gasteiger partial charge in [-0.1, -0.05) is 12.1 Å². The molecule has 0 unspecified atom stereocenters. The van der Waals surface area contributed by atoms with Gasteiger partial charge in [0.25, 0.3) is 0 Å². The van der Waals surface area contributed by atoms with Crippen LogP contribution in [0, 0.1) is 0 Å². The predicted octanol–water partition coefficient (Wildman–Crippen LogP) is 1.90. The Morgan fingerprint density at radius 3 is 2.53 bits per heavy atom. The molecule has 0 saturated heterocycles. The minimum atomic E-state index is -0.0268. The van der Waals surface area contributed by atoms with E-state index in [9.17, 15) is 4.79 Å². The molecule has 0 spiro atoms. The maximum atomic E-state index is 11.5. The molecule has 2 amide bonds. The summed E-state index contributed by atoms with van der Waals surface area (Å²) in [6.45, 7) is 3.31. The molecule has 0 radical (unpaired) electrons. The summed E-state index contributed by atoms with van der Waals surface area (Å²) in [6, 6.07) is 7.84. The Balaban J connectivity index is 2.33. The summed E-state index contributed by atoms with van der Waals surface area (Å²) in [6.07, 6.45) is 0.827. The molecule has 1 N–H and O–H groups in total. The van der Waals surface area contributed by atoms with E-state index in [0.717, 1.165) is 12.2 Å². The fourth-order valence-electron chi connectivity index (χ4n) is 1.38. The van der Waals surface area contributed by atoms with E-state index < -0.39 is 0 Å². The number of nitrogens with zero attached hydrogens (tertiary/aromatic N) is 1. The quantitative estimate of drug-likeness (QED) is 0.848. The minimum Gasteiger partial charge on any atom is -0.497 e. The summed E-state index contributed by atoms with van der Waals surface area (Å²) in [4.78, 5) is 13.1. The van der Waals surface area contributed by atoms with Crippen LogP contribution in [0.5, 0.6) is 5.75 Å². The Morgan fingerprint density at radius 1 is 1.35 bits per heavy atom. The number of rotatable bonds is 5. The number of nitrogens with one attached hydrogen (secondary N) is 1. The first-order chi connectivity index (χ1) is 8.17. The monoisotopic (exact) mass is 236 g/mol. The number of urea groups is 1. The number of amides is 2. The third kappa shape index (κ3) is 4.34. The Kier molecular flexibility index (Phi) is 5.33. The van der Waals surface area contributed by atoms with Crippen LogP contribution in [0.3, 0.4) is 0 Å². The van der Waals surface area contributed by atoms with Crippen LogP contribution in [-0.2, 0) is 6.42 Å². The molecule has 0 aliphatic carbocycles. The number of ether oxygens (including phenoxy) is 1. The Hall–Kier alpha value is -1.71. The average molecular weight is 236 g/mol. The first-order valence-corrected chi connectivity index (χ1v) is 5.79. The summed E-state index contributed by atoms with van der Waals surface area (Å²) in [7, 11) is 3.43. The topological polar surface area (TPSA) is 41.6 Å². The molecule has 0 bridgehead atoms. The molecule has 4 nitrogen and oxygen atoms in total. The molecule has 0 heterocycles. The summed E-state index contributed by atoms with van der Waals surface area (Å²) in [5.41, 5.74) is 1.19. The van der Waals surface area contributed by atoms with E-state index in [1.54, 1.807) is 19.1 Å². The fraction of sp³-hybridized carbons (Fsp3) is 0.462. The van der Waals surface area contributed by atoms with Crippen molar-refractivity contribution in [2.75, 3.05) is 27.2 Å². The molecule has 0 atom stereocenters. The van der Waals surface area contributed by atoms with Crippen LogP contribution in [0.1, 0.15) is 12.5 Å². The lowest BCUT2D eigenvalue weighted by Crippen LogP contribution is -2.37. The van der Waals surface area contributed by atoms with Crippen LogP contribution in [0.4, 0.5) is 4.79 Å². The average Bonchev–Trinajstić information content (AvgIpc) is 2.38. The lowest BCUT2D eigenvalue weighted by Gasteiger charge is -2.15. The van der Waals surface area contributed by atoms with Gasteiger partial charge in [0.05, 0.1) is 7.11 Å². The van der Waals surface area contributed by atoms with Gasteiger partial charge in [0.1, 0.15) is 5.75 Å². The van der Waals surface area contributed by atoms with Crippen molar-refractivity contribution in [3.8, 4) is 5.75 Å². The van der Waals surface area contributed by atoms with E-state index in [1.807, 2.05) is 31.2 Å². The number of hydrogen-bond donors (Lipinski definition) is 1. The molecule has 1 rings (SSSR count). The molecular weight excluding hydrogens is 216 g/mol. The van der Waals surface area contributed by atoms with Gasteiger partial charge in [-0.25, -0.2) is 4.79 Å². The summed E-state index contributed by atoms with van der Waals surface area (Å²) in [5, 5.41) is 2.87. The van der Waals surface area contributed by atoms with Gasteiger partial charge in [0.15, 0.2) is 0 Å². The van der Waals surface area contributed by atoms with E-state index in [-0.39, 0.29) is 6.03 Å². The lowest BCUT2D eigenvalue weighted by atomic mass is 10.1. The molecule has 17 heavy (non-hydrogen) atoms. The Morgan fingerprint density at radius 2 is 2.00 bits per heavy atom. The third-order valence-corrected chi connectivity index (χ3v) is 2.67. The largest absolute Gasteiger partial charge is 0.497 e. The first-order valence-electron chi connectivity index (χ1n) is 5.79. The van der Waals surface area contributed by atoms with E-state index in [1.165, 1.54) is 5.56 Å². The first kappa shape index (κ1) is 13.4. The molecule has 0 aliphatic rings. The van der Waals surface area contributed by atoms with Gasteiger partial charge in [0.2, 0.25) is 0 Å².